The van der Waals surface area contributed by atoms with Crippen LogP contribution >= 0.6 is 0 Å². The number of aromatic nitrogens is 2. The molecule has 1 fully saturated rings. The van der Waals surface area contributed by atoms with E-state index in [4.69, 9.17) is 10.5 Å². The molecule has 5 N–H and O–H groups in total. The average molecular weight is 476 g/mol. The van der Waals surface area contributed by atoms with Crippen LogP contribution in [-0.2, 0) is 4.74 Å². The van der Waals surface area contributed by atoms with Gasteiger partial charge in [-0.25, -0.2) is 9.97 Å². The molecule has 0 saturated carbocycles. The van der Waals surface area contributed by atoms with Crippen molar-refractivity contribution in [2.45, 2.75) is 6.92 Å². The van der Waals surface area contributed by atoms with E-state index in [0.29, 0.717) is 48.2 Å². The molecule has 2 amide bonds. The molecule has 35 heavy (non-hydrogen) atoms. The highest BCUT2D eigenvalue weighted by Gasteiger charge is 2.19. The standard InChI is InChI=1S/C25H29N7O3/c1-2-27-24(34)20-15-19(7-8-22(20)32-11-13-35-14-12-32)30-25-28-10-9-21(31-25)17-3-5-18(6-4-17)23(33)29-16-26/h3-10,15H,2,11-14,16,26H2,1H3,(H,27,34)(H,29,33)(H,28,30,31). The van der Waals surface area contributed by atoms with Crippen molar-refractivity contribution in [1.82, 2.24) is 20.6 Å². The van der Waals surface area contributed by atoms with Gasteiger partial charge in [-0.05, 0) is 43.3 Å². The van der Waals surface area contributed by atoms with Gasteiger partial charge < -0.3 is 31.3 Å². The molecule has 1 aliphatic rings. The van der Waals surface area contributed by atoms with Gasteiger partial charge in [0.1, 0.15) is 0 Å². The van der Waals surface area contributed by atoms with Gasteiger partial charge in [-0.15, -0.1) is 0 Å². The van der Waals surface area contributed by atoms with E-state index in [1.165, 1.54) is 0 Å². The molecule has 2 heterocycles. The maximum atomic E-state index is 12.8. The van der Waals surface area contributed by atoms with E-state index >= 15 is 0 Å². The van der Waals surface area contributed by atoms with E-state index in [9.17, 15) is 9.59 Å². The van der Waals surface area contributed by atoms with Crippen molar-refractivity contribution in [2.75, 3.05) is 49.7 Å². The SMILES string of the molecule is CCNC(=O)c1cc(Nc2nccc(-c3ccc(C(=O)NCN)cc3)n2)ccc1N1CCOCC1. The molecule has 0 radical (unpaired) electrons. The van der Waals surface area contributed by atoms with Crippen molar-refractivity contribution in [3.63, 3.8) is 0 Å². The quantitative estimate of drug-likeness (QED) is 0.364. The first-order chi connectivity index (χ1) is 17.1. The van der Waals surface area contributed by atoms with Crippen LogP contribution in [0.2, 0.25) is 0 Å². The van der Waals surface area contributed by atoms with Crippen LogP contribution in [0.15, 0.2) is 54.7 Å². The van der Waals surface area contributed by atoms with Gasteiger partial charge in [0.05, 0.1) is 31.1 Å². The van der Waals surface area contributed by atoms with E-state index in [0.717, 1.165) is 24.3 Å². The van der Waals surface area contributed by atoms with Crippen LogP contribution in [0.25, 0.3) is 11.3 Å². The smallest absolute Gasteiger partial charge is 0.253 e. The molecule has 10 heteroatoms. The molecule has 10 nitrogen and oxygen atoms in total. The van der Waals surface area contributed by atoms with Crippen LogP contribution in [-0.4, -0.2) is 61.3 Å². The first-order valence-electron chi connectivity index (χ1n) is 11.5. The summed E-state index contributed by atoms with van der Waals surface area (Å²) in [5, 5.41) is 8.66. The summed E-state index contributed by atoms with van der Waals surface area (Å²) in [7, 11) is 0. The van der Waals surface area contributed by atoms with E-state index in [1.807, 2.05) is 37.3 Å². The number of carbonyl (C=O) groups excluding carboxylic acids is 2. The zero-order chi connectivity index (χ0) is 24.6. The van der Waals surface area contributed by atoms with Gasteiger partial charge in [0.15, 0.2) is 0 Å². The predicted molar refractivity (Wildman–Crippen MR) is 135 cm³/mol. The van der Waals surface area contributed by atoms with Crippen LogP contribution in [0.5, 0.6) is 0 Å². The van der Waals surface area contributed by atoms with Gasteiger partial charge >= 0.3 is 0 Å². The first kappa shape index (κ1) is 24.1. The molecule has 0 spiro atoms. The number of nitrogens with zero attached hydrogens (tertiary/aromatic N) is 3. The number of morpholine rings is 1. The number of anilines is 3. The van der Waals surface area contributed by atoms with Crippen molar-refractivity contribution in [3.8, 4) is 11.3 Å². The second-order valence-corrected chi connectivity index (χ2v) is 7.87. The molecule has 1 aromatic heterocycles. The average Bonchev–Trinajstić information content (AvgIpc) is 2.90. The summed E-state index contributed by atoms with van der Waals surface area (Å²) in [5.74, 6) is 0.0343. The number of ether oxygens (including phenoxy) is 1. The minimum Gasteiger partial charge on any atom is -0.378 e. The Bertz CT molecular complexity index is 1180. The molecule has 4 rings (SSSR count). The molecular weight excluding hydrogens is 446 g/mol. The molecule has 2 aromatic carbocycles. The predicted octanol–water partition coefficient (Wildman–Crippen LogP) is 2.12. The first-order valence-corrected chi connectivity index (χ1v) is 11.5. The number of hydrogen-bond acceptors (Lipinski definition) is 8. The Labute approximate surface area is 203 Å². The Balaban J connectivity index is 1.56. The number of benzene rings is 2. The Morgan fingerprint density at radius 3 is 2.51 bits per heavy atom. The van der Waals surface area contributed by atoms with Crippen molar-refractivity contribution in [2.24, 2.45) is 5.73 Å². The Morgan fingerprint density at radius 1 is 1.03 bits per heavy atom. The Morgan fingerprint density at radius 2 is 1.80 bits per heavy atom. The fourth-order valence-corrected chi connectivity index (χ4v) is 3.83. The van der Waals surface area contributed by atoms with Crippen molar-refractivity contribution in [3.05, 3.63) is 65.9 Å². The summed E-state index contributed by atoms with van der Waals surface area (Å²) in [5.41, 5.74) is 9.58. The summed E-state index contributed by atoms with van der Waals surface area (Å²) in [6.07, 6.45) is 1.66. The lowest BCUT2D eigenvalue weighted by atomic mass is 10.1. The molecule has 3 aromatic rings. The van der Waals surface area contributed by atoms with Crippen molar-refractivity contribution < 1.29 is 14.3 Å². The van der Waals surface area contributed by atoms with Crippen LogP contribution < -0.4 is 26.6 Å². The second-order valence-electron chi connectivity index (χ2n) is 7.87. The molecule has 0 aliphatic carbocycles. The summed E-state index contributed by atoms with van der Waals surface area (Å²) < 4.78 is 5.45. The Hall–Kier alpha value is -4.02. The van der Waals surface area contributed by atoms with Crippen molar-refractivity contribution >= 4 is 29.1 Å². The summed E-state index contributed by atoms with van der Waals surface area (Å²) in [6.45, 7) is 5.24. The second kappa shape index (κ2) is 11.4. The zero-order valence-electron chi connectivity index (χ0n) is 19.6. The molecule has 1 aliphatic heterocycles. The lowest BCUT2D eigenvalue weighted by Gasteiger charge is -2.30. The highest BCUT2D eigenvalue weighted by Crippen LogP contribution is 2.27. The van der Waals surface area contributed by atoms with Gasteiger partial charge in [-0.3, -0.25) is 9.59 Å². The van der Waals surface area contributed by atoms with Crippen LogP contribution in [0, 0.1) is 0 Å². The van der Waals surface area contributed by atoms with Crippen LogP contribution in [0.4, 0.5) is 17.3 Å². The van der Waals surface area contributed by atoms with E-state index in [1.54, 1.807) is 24.4 Å². The molecule has 0 unspecified atom stereocenters. The number of nitrogens with one attached hydrogen (secondary N) is 3. The number of amides is 2. The third-order valence-electron chi connectivity index (χ3n) is 5.55. The summed E-state index contributed by atoms with van der Waals surface area (Å²) >= 11 is 0. The Kier molecular flexibility index (Phi) is 7.86. The van der Waals surface area contributed by atoms with Crippen molar-refractivity contribution in [1.29, 1.82) is 0 Å². The highest BCUT2D eigenvalue weighted by molar-refractivity contribution is 6.01. The van der Waals surface area contributed by atoms with Gasteiger partial charge in [-0.2, -0.15) is 0 Å². The van der Waals surface area contributed by atoms with Gasteiger partial charge in [0, 0.05) is 48.3 Å². The van der Waals surface area contributed by atoms with E-state index in [2.05, 4.69) is 30.8 Å². The highest BCUT2D eigenvalue weighted by atomic mass is 16.5. The fourth-order valence-electron chi connectivity index (χ4n) is 3.83. The maximum absolute atomic E-state index is 12.8. The van der Waals surface area contributed by atoms with E-state index < -0.39 is 0 Å². The lowest BCUT2D eigenvalue weighted by molar-refractivity contribution is 0.0946. The van der Waals surface area contributed by atoms with Crippen LogP contribution in [0.3, 0.4) is 0 Å². The number of carbonyl (C=O) groups is 2. The summed E-state index contributed by atoms with van der Waals surface area (Å²) in [4.78, 5) is 35.8. The molecular formula is C25H29N7O3. The third kappa shape index (κ3) is 5.92. The molecule has 0 bridgehead atoms. The molecule has 182 valence electrons. The number of rotatable bonds is 8. The summed E-state index contributed by atoms with van der Waals surface area (Å²) in [6, 6.07) is 14.5. The fraction of sp³-hybridized carbons (Fsp3) is 0.280. The topological polar surface area (TPSA) is 134 Å². The maximum Gasteiger partial charge on any atom is 0.253 e. The third-order valence-corrected chi connectivity index (χ3v) is 5.55. The van der Waals surface area contributed by atoms with Gasteiger partial charge in [-0.1, -0.05) is 12.1 Å². The lowest BCUT2D eigenvalue weighted by Crippen LogP contribution is -2.38. The van der Waals surface area contributed by atoms with Crippen LogP contribution in [0.1, 0.15) is 27.6 Å². The number of hydrogen-bond donors (Lipinski definition) is 4. The normalized spacial score (nSPS) is 13.3. The molecule has 1 saturated heterocycles. The van der Waals surface area contributed by atoms with E-state index in [-0.39, 0.29) is 18.5 Å². The minimum atomic E-state index is -0.229. The monoisotopic (exact) mass is 475 g/mol. The minimum absolute atomic E-state index is 0.0801. The number of nitrogens with two attached hydrogens (primary N) is 1. The largest absolute Gasteiger partial charge is 0.378 e. The van der Waals surface area contributed by atoms with Gasteiger partial charge in [0.25, 0.3) is 11.8 Å². The zero-order valence-corrected chi connectivity index (χ0v) is 19.6. The molecule has 0 atom stereocenters. The van der Waals surface area contributed by atoms with Gasteiger partial charge in [0.2, 0.25) is 5.95 Å².